The van der Waals surface area contributed by atoms with Crippen LogP contribution in [0.1, 0.15) is 19.3 Å². The van der Waals surface area contributed by atoms with Crippen LogP contribution in [0.4, 0.5) is 0 Å². The lowest BCUT2D eigenvalue weighted by molar-refractivity contribution is 0.225. The molecule has 0 aromatic heterocycles. The highest BCUT2D eigenvalue weighted by Crippen LogP contribution is 2.52. The van der Waals surface area contributed by atoms with Crippen molar-refractivity contribution in [2.45, 2.75) is 24.6 Å². The van der Waals surface area contributed by atoms with Gasteiger partial charge in [0.15, 0.2) is 0 Å². The van der Waals surface area contributed by atoms with Gasteiger partial charge < -0.3 is 0 Å². The van der Waals surface area contributed by atoms with Crippen molar-refractivity contribution < 1.29 is 0 Å². The van der Waals surface area contributed by atoms with Crippen molar-refractivity contribution in [3.63, 3.8) is 0 Å². The summed E-state index contributed by atoms with van der Waals surface area (Å²) in [6.07, 6.45) is 3.96. The van der Waals surface area contributed by atoms with Crippen molar-refractivity contribution in [2.75, 3.05) is 0 Å². The number of hydrogen-bond acceptors (Lipinski definition) is 0. The highest BCUT2D eigenvalue weighted by molar-refractivity contribution is 6.22. The highest BCUT2D eigenvalue weighted by atomic mass is 35.5. The third-order valence-electron chi connectivity index (χ3n) is 2.75. The first-order chi connectivity index (χ1) is 4.30. The van der Waals surface area contributed by atoms with Crippen LogP contribution in [0.3, 0.4) is 0 Å². The SMILES string of the molecule is C=C1C2CCCC1C2Cl. The Labute approximate surface area is 60.9 Å². The molecule has 0 amide bonds. The molecule has 2 bridgehead atoms. The molecule has 1 heteroatoms. The van der Waals surface area contributed by atoms with Crippen molar-refractivity contribution in [3.8, 4) is 0 Å². The molecular formula is C8H11Cl. The Morgan fingerprint density at radius 2 is 1.89 bits per heavy atom. The predicted octanol–water partition coefficient (Wildman–Crippen LogP) is 2.58. The topological polar surface area (TPSA) is 0 Å². The number of fused-ring (bicyclic) bond motifs is 2. The molecule has 0 saturated heterocycles. The van der Waals surface area contributed by atoms with Crippen LogP contribution in [0.5, 0.6) is 0 Å². The fourth-order valence-electron chi connectivity index (χ4n) is 2.09. The molecule has 0 aromatic carbocycles. The Morgan fingerprint density at radius 1 is 1.33 bits per heavy atom. The zero-order chi connectivity index (χ0) is 6.43. The average molecular weight is 143 g/mol. The van der Waals surface area contributed by atoms with Crippen molar-refractivity contribution in [1.29, 1.82) is 0 Å². The van der Waals surface area contributed by atoms with E-state index in [9.17, 15) is 0 Å². The lowest BCUT2D eigenvalue weighted by Crippen LogP contribution is -2.43. The molecule has 3 saturated carbocycles. The van der Waals surface area contributed by atoms with E-state index < -0.39 is 0 Å². The quantitative estimate of drug-likeness (QED) is 0.360. The zero-order valence-corrected chi connectivity index (χ0v) is 6.19. The maximum Gasteiger partial charge on any atom is 0.0466 e. The number of rotatable bonds is 0. The van der Waals surface area contributed by atoms with Crippen molar-refractivity contribution >= 4 is 11.6 Å². The van der Waals surface area contributed by atoms with Crippen molar-refractivity contribution in [2.24, 2.45) is 11.8 Å². The second kappa shape index (κ2) is 1.76. The number of allylic oxidation sites excluding steroid dienone is 1. The molecule has 2 unspecified atom stereocenters. The molecule has 0 heterocycles. The summed E-state index contributed by atoms with van der Waals surface area (Å²) in [5.74, 6) is 1.37. The third kappa shape index (κ3) is 0.602. The summed E-state index contributed by atoms with van der Waals surface area (Å²) < 4.78 is 0. The van der Waals surface area contributed by atoms with Crippen LogP contribution in [0, 0.1) is 11.8 Å². The number of hydrogen-bond donors (Lipinski definition) is 0. The third-order valence-corrected chi connectivity index (χ3v) is 3.36. The Kier molecular flexibility index (Phi) is 1.13. The minimum absolute atomic E-state index is 0.450. The van der Waals surface area contributed by atoms with E-state index in [1.54, 1.807) is 0 Å². The second-order valence-electron chi connectivity index (χ2n) is 3.16. The van der Waals surface area contributed by atoms with Crippen LogP contribution in [0.2, 0.25) is 0 Å². The molecule has 2 atom stereocenters. The van der Waals surface area contributed by atoms with Gasteiger partial charge in [0.25, 0.3) is 0 Å². The van der Waals surface area contributed by atoms with Gasteiger partial charge in [0.05, 0.1) is 0 Å². The van der Waals surface area contributed by atoms with Gasteiger partial charge in [-0.25, -0.2) is 0 Å². The summed E-state index contributed by atoms with van der Waals surface area (Å²) in [7, 11) is 0. The first kappa shape index (κ1) is 5.79. The van der Waals surface area contributed by atoms with Gasteiger partial charge in [-0.15, -0.1) is 11.6 Å². The standard InChI is InChI=1S/C8H11Cl/c1-5-6-3-2-4-7(5)8(6)9/h6-8H,1-4H2. The van der Waals surface area contributed by atoms with Crippen molar-refractivity contribution in [3.05, 3.63) is 12.2 Å². The number of halogens is 1. The highest BCUT2D eigenvalue weighted by Gasteiger charge is 2.45. The van der Waals surface area contributed by atoms with E-state index in [0.717, 1.165) is 0 Å². The maximum atomic E-state index is 6.05. The van der Waals surface area contributed by atoms with Gasteiger partial charge in [0.2, 0.25) is 0 Å². The molecule has 0 N–H and O–H groups in total. The van der Waals surface area contributed by atoms with Gasteiger partial charge in [-0.2, -0.15) is 0 Å². The molecule has 50 valence electrons. The van der Waals surface area contributed by atoms with Crippen LogP contribution < -0.4 is 0 Å². The molecule has 9 heavy (non-hydrogen) atoms. The van der Waals surface area contributed by atoms with Crippen LogP contribution in [-0.4, -0.2) is 5.38 Å². The molecule has 3 rings (SSSR count). The zero-order valence-electron chi connectivity index (χ0n) is 5.44. The fraction of sp³-hybridized carbons (Fsp3) is 0.750. The summed E-state index contributed by atoms with van der Waals surface area (Å²) in [5, 5.41) is 0.450. The van der Waals surface area contributed by atoms with Gasteiger partial charge in [0, 0.05) is 5.38 Å². The van der Waals surface area contributed by atoms with Crippen LogP contribution in [0.25, 0.3) is 0 Å². The van der Waals surface area contributed by atoms with E-state index in [-0.39, 0.29) is 0 Å². The number of alkyl halides is 1. The summed E-state index contributed by atoms with van der Waals surface area (Å²) in [6, 6.07) is 0. The lowest BCUT2D eigenvalue weighted by atomic mass is 9.61. The van der Waals surface area contributed by atoms with E-state index >= 15 is 0 Å². The molecule has 0 nitrogen and oxygen atoms in total. The monoisotopic (exact) mass is 142 g/mol. The van der Waals surface area contributed by atoms with Gasteiger partial charge in [-0.3, -0.25) is 0 Å². The molecule has 0 radical (unpaired) electrons. The maximum absolute atomic E-state index is 6.05. The van der Waals surface area contributed by atoms with Gasteiger partial charge in [-0.1, -0.05) is 18.6 Å². The molecular weight excluding hydrogens is 132 g/mol. The first-order valence-corrected chi connectivity index (χ1v) is 4.07. The fourth-order valence-corrected chi connectivity index (χ4v) is 2.67. The summed E-state index contributed by atoms with van der Waals surface area (Å²) in [6.45, 7) is 4.01. The normalized spacial score (nSPS) is 48.6. The van der Waals surface area contributed by atoms with E-state index in [2.05, 4.69) is 6.58 Å². The molecule has 3 fully saturated rings. The molecule has 0 aromatic rings. The summed E-state index contributed by atoms with van der Waals surface area (Å²) in [5.41, 5.74) is 1.43. The van der Waals surface area contributed by atoms with Gasteiger partial charge in [0.1, 0.15) is 0 Å². The van der Waals surface area contributed by atoms with E-state index in [0.29, 0.717) is 17.2 Å². The minimum atomic E-state index is 0.450. The first-order valence-electron chi connectivity index (χ1n) is 3.63. The largest absolute Gasteiger partial charge is 0.122 e. The Hall–Kier alpha value is 0.0300. The Bertz CT molecular complexity index is 137. The van der Waals surface area contributed by atoms with Crippen LogP contribution >= 0.6 is 11.6 Å². The van der Waals surface area contributed by atoms with Crippen LogP contribution in [-0.2, 0) is 0 Å². The Balaban J connectivity index is 2.17. The minimum Gasteiger partial charge on any atom is -0.122 e. The van der Waals surface area contributed by atoms with Gasteiger partial charge in [-0.05, 0) is 24.7 Å². The smallest absolute Gasteiger partial charge is 0.0466 e. The molecule has 0 spiro atoms. The Morgan fingerprint density at radius 3 is 2.11 bits per heavy atom. The van der Waals surface area contributed by atoms with Crippen LogP contribution in [0.15, 0.2) is 12.2 Å². The average Bonchev–Trinajstić information content (AvgIpc) is 1.91. The summed E-state index contributed by atoms with van der Waals surface area (Å²) in [4.78, 5) is 0. The molecule has 3 aliphatic rings. The molecule has 3 aliphatic carbocycles. The van der Waals surface area contributed by atoms with Gasteiger partial charge >= 0.3 is 0 Å². The van der Waals surface area contributed by atoms with E-state index in [1.165, 1.54) is 24.8 Å². The predicted molar refractivity (Wildman–Crippen MR) is 39.6 cm³/mol. The van der Waals surface area contributed by atoms with Crippen molar-refractivity contribution in [1.82, 2.24) is 0 Å². The molecule has 0 aliphatic heterocycles. The summed E-state index contributed by atoms with van der Waals surface area (Å²) >= 11 is 6.05. The second-order valence-corrected chi connectivity index (χ2v) is 3.67. The lowest BCUT2D eigenvalue weighted by Gasteiger charge is -2.48. The van der Waals surface area contributed by atoms with E-state index in [4.69, 9.17) is 11.6 Å². The van der Waals surface area contributed by atoms with E-state index in [1.807, 2.05) is 0 Å².